The molecule has 1 atom stereocenters. The Bertz CT molecular complexity index is 284. The van der Waals surface area contributed by atoms with Gasteiger partial charge in [0.25, 0.3) is 0 Å². The third-order valence-corrected chi connectivity index (χ3v) is 3.09. The van der Waals surface area contributed by atoms with Crippen LogP contribution in [0.3, 0.4) is 0 Å². The Morgan fingerprint density at radius 3 is 2.80 bits per heavy atom. The molecule has 1 N–H and O–H groups in total. The van der Waals surface area contributed by atoms with Crippen LogP contribution in [0.2, 0.25) is 0 Å². The van der Waals surface area contributed by atoms with E-state index in [1.165, 1.54) is 25.1 Å². The van der Waals surface area contributed by atoms with Crippen molar-refractivity contribution >= 4 is 0 Å². The van der Waals surface area contributed by atoms with Gasteiger partial charge in [-0.15, -0.1) is 0 Å². The first-order valence-electron chi connectivity index (χ1n) is 5.78. The van der Waals surface area contributed by atoms with E-state index in [1.54, 1.807) is 0 Å². The molecule has 2 rings (SSSR count). The van der Waals surface area contributed by atoms with E-state index in [0.717, 1.165) is 19.0 Å². The maximum atomic E-state index is 3.54. The molecule has 15 heavy (non-hydrogen) atoms. The summed E-state index contributed by atoms with van der Waals surface area (Å²) in [5, 5.41) is 3.54. The van der Waals surface area contributed by atoms with E-state index in [4.69, 9.17) is 0 Å². The number of nitrogens with one attached hydrogen (secondary N) is 1. The van der Waals surface area contributed by atoms with Crippen molar-refractivity contribution in [2.75, 3.05) is 26.7 Å². The lowest BCUT2D eigenvalue weighted by atomic mass is 10.1. The Kier molecular flexibility index (Phi) is 3.75. The first-order valence-corrected chi connectivity index (χ1v) is 5.78. The highest BCUT2D eigenvalue weighted by Gasteiger charge is 2.18. The molecule has 1 aliphatic rings. The lowest BCUT2D eigenvalue weighted by Gasteiger charge is -2.11. The third kappa shape index (κ3) is 3.33. The molecule has 0 radical (unpaired) electrons. The Morgan fingerprint density at radius 1 is 1.33 bits per heavy atom. The molecule has 1 saturated heterocycles. The van der Waals surface area contributed by atoms with Gasteiger partial charge in [0.15, 0.2) is 0 Å². The van der Waals surface area contributed by atoms with Crippen LogP contribution < -0.4 is 5.32 Å². The standard InChI is InChI=1S/C13H20N2/c1-15-8-7-13(11-15)10-14-9-12-5-3-2-4-6-12/h2-6,13-14H,7-11H2,1H3. The fourth-order valence-electron chi connectivity index (χ4n) is 2.21. The molecule has 2 nitrogen and oxygen atoms in total. The largest absolute Gasteiger partial charge is 0.312 e. The van der Waals surface area contributed by atoms with Gasteiger partial charge < -0.3 is 10.2 Å². The molecule has 0 aromatic heterocycles. The number of benzene rings is 1. The minimum absolute atomic E-state index is 0.846. The van der Waals surface area contributed by atoms with Crippen molar-refractivity contribution in [3.05, 3.63) is 35.9 Å². The maximum Gasteiger partial charge on any atom is 0.0205 e. The molecule has 1 aromatic rings. The second kappa shape index (κ2) is 5.29. The number of hydrogen-bond donors (Lipinski definition) is 1. The van der Waals surface area contributed by atoms with Crippen LogP contribution in [0.15, 0.2) is 30.3 Å². The van der Waals surface area contributed by atoms with Crippen molar-refractivity contribution in [1.82, 2.24) is 10.2 Å². The fourth-order valence-corrected chi connectivity index (χ4v) is 2.21. The number of likely N-dealkylation sites (tertiary alicyclic amines) is 1. The molecule has 0 saturated carbocycles. The van der Waals surface area contributed by atoms with Gasteiger partial charge in [-0.25, -0.2) is 0 Å². The Labute approximate surface area is 92.3 Å². The summed E-state index contributed by atoms with van der Waals surface area (Å²) >= 11 is 0. The van der Waals surface area contributed by atoms with Crippen molar-refractivity contribution in [2.45, 2.75) is 13.0 Å². The quantitative estimate of drug-likeness (QED) is 0.803. The van der Waals surface area contributed by atoms with E-state index >= 15 is 0 Å². The van der Waals surface area contributed by atoms with E-state index in [2.05, 4.69) is 47.6 Å². The summed E-state index contributed by atoms with van der Waals surface area (Å²) in [5.41, 5.74) is 1.38. The zero-order chi connectivity index (χ0) is 10.5. The Balaban J connectivity index is 1.67. The van der Waals surface area contributed by atoms with Crippen molar-refractivity contribution in [3.8, 4) is 0 Å². The molecule has 1 fully saturated rings. The zero-order valence-corrected chi connectivity index (χ0v) is 9.45. The van der Waals surface area contributed by atoms with Crippen molar-refractivity contribution in [3.63, 3.8) is 0 Å². The fraction of sp³-hybridized carbons (Fsp3) is 0.538. The van der Waals surface area contributed by atoms with Gasteiger partial charge >= 0.3 is 0 Å². The van der Waals surface area contributed by atoms with E-state index in [1.807, 2.05) is 0 Å². The highest BCUT2D eigenvalue weighted by atomic mass is 15.1. The normalized spacial score (nSPS) is 22.1. The highest BCUT2D eigenvalue weighted by Crippen LogP contribution is 2.12. The van der Waals surface area contributed by atoms with Gasteiger partial charge in [0, 0.05) is 13.1 Å². The molecule has 0 aliphatic carbocycles. The van der Waals surface area contributed by atoms with E-state index in [0.29, 0.717) is 0 Å². The van der Waals surface area contributed by atoms with Crippen LogP contribution in [0, 0.1) is 5.92 Å². The summed E-state index contributed by atoms with van der Waals surface area (Å²) in [6.45, 7) is 4.67. The zero-order valence-electron chi connectivity index (χ0n) is 9.45. The molecule has 0 bridgehead atoms. The summed E-state index contributed by atoms with van der Waals surface area (Å²) in [7, 11) is 2.21. The maximum absolute atomic E-state index is 3.54. The number of rotatable bonds is 4. The number of hydrogen-bond acceptors (Lipinski definition) is 2. The van der Waals surface area contributed by atoms with Crippen LogP contribution in [0.4, 0.5) is 0 Å². The van der Waals surface area contributed by atoms with Gasteiger partial charge in [0.05, 0.1) is 0 Å². The van der Waals surface area contributed by atoms with Gasteiger partial charge in [0.1, 0.15) is 0 Å². The molecule has 1 heterocycles. The Morgan fingerprint density at radius 2 is 2.13 bits per heavy atom. The molecule has 82 valence electrons. The summed E-state index contributed by atoms with van der Waals surface area (Å²) < 4.78 is 0. The summed E-state index contributed by atoms with van der Waals surface area (Å²) in [5.74, 6) is 0.846. The second-order valence-electron chi connectivity index (χ2n) is 4.53. The smallest absolute Gasteiger partial charge is 0.0205 e. The van der Waals surface area contributed by atoms with Crippen LogP contribution in [0.5, 0.6) is 0 Å². The van der Waals surface area contributed by atoms with Crippen LogP contribution in [-0.2, 0) is 6.54 Å². The minimum atomic E-state index is 0.846. The van der Waals surface area contributed by atoms with E-state index in [9.17, 15) is 0 Å². The van der Waals surface area contributed by atoms with Gasteiger partial charge in [0.2, 0.25) is 0 Å². The lowest BCUT2D eigenvalue weighted by molar-refractivity contribution is 0.388. The van der Waals surface area contributed by atoms with Crippen molar-refractivity contribution < 1.29 is 0 Å². The van der Waals surface area contributed by atoms with Crippen LogP contribution in [0.1, 0.15) is 12.0 Å². The van der Waals surface area contributed by atoms with E-state index < -0.39 is 0 Å². The molecule has 1 unspecified atom stereocenters. The summed E-state index contributed by atoms with van der Waals surface area (Å²) in [4.78, 5) is 2.41. The SMILES string of the molecule is CN1CCC(CNCc2ccccc2)C1. The van der Waals surface area contributed by atoms with Gasteiger partial charge in [-0.05, 0) is 38.0 Å². The minimum Gasteiger partial charge on any atom is -0.312 e. The monoisotopic (exact) mass is 204 g/mol. The van der Waals surface area contributed by atoms with Crippen LogP contribution >= 0.6 is 0 Å². The van der Waals surface area contributed by atoms with Crippen LogP contribution in [-0.4, -0.2) is 31.6 Å². The molecule has 0 amide bonds. The first kappa shape index (κ1) is 10.7. The predicted octanol–water partition coefficient (Wildman–Crippen LogP) is 1.73. The first-order chi connectivity index (χ1) is 7.34. The van der Waals surface area contributed by atoms with Gasteiger partial charge in [-0.2, -0.15) is 0 Å². The lowest BCUT2D eigenvalue weighted by Crippen LogP contribution is -2.24. The predicted molar refractivity (Wildman–Crippen MR) is 63.8 cm³/mol. The average molecular weight is 204 g/mol. The number of nitrogens with zero attached hydrogens (tertiary/aromatic N) is 1. The average Bonchev–Trinajstić information content (AvgIpc) is 2.66. The van der Waals surface area contributed by atoms with Gasteiger partial charge in [-0.1, -0.05) is 30.3 Å². The molecular formula is C13H20N2. The Hall–Kier alpha value is -0.860. The molecule has 1 aliphatic heterocycles. The molecule has 1 aromatic carbocycles. The molecular weight excluding hydrogens is 184 g/mol. The highest BCUT2D eigenvalue weighted by molar-refractivity contribution is 5.14. The third-order valence-electron chi connectivity index (χ3n) is 3.09. The molecule has 2 heteroatoms. The molecule has 0 spiro atoms. The van der Waals surface area contributed by atoms with Crippen LogP contribution in [0.25, 0.3) is 0 Å². The van der Waals surface area contributed by atoms with Gasteiger partial charge in [-0.3, -0.25) is 0 Å². The van der Waals surface area contributed by atoms with E-state index in [-0.39, 0.29) is 0 Å². The summed E-state index contributed by atoms with van der Waals surface area (Å²) in [6, 6.07) is 10.6. The van der Waals surface area contributed by atoms with Crippen molar-refractivity contribution in [2.24, 2.45) is 5.92 Å². The second-order valence-corrected chi connectivity index (χ2v) is 4.53. The topological polar surface area (TPSA) is 15.3 Å². The van der Waals surface area contributed by atoms with Crippen molar-refractivity contribution in [1.29, 1.82) is 0 Å². The summed E-state index contributed by atoms with van der Waals surface area (Å²) in [6.07, 6.45) is 1.35.